The SMILES string of the molecule is O=C(Cn1cnnn1)NCCn1nc2c(cc1=O)CCC2. The van der Waals surface area contributed by atoms with Crippen molar-refractivity contribution in [1.82, 2.24) is 35.3 Å². The van der Waals surface area contributed by atoms with Crippen molar-refractivity contribution in [2.45, 2.75) is 32.4 Å². The van der Waals surface area contributed by atoms with Crippen LogP contribution in [0.2, 0.25) is 0 Å². The van der Waals surface area contributed by atoms with Crippen LogP contribution >= 0.6 is 0 Å². The van der Waals surface area contributed by atoms with Gasteiger partial charge in [-0.05, 0) is 35.3 Å². The zero-order valence-corrected chi connectivity index (χ0v) is 11.4. The number of hydrogen-bond acceptors (Lipinski definition) is 6. The summed E-state index contributed by atoms with van der Waals surface area (Å²) < 4.78 is 2.73. The molecule has 0 saturated carbocycles. The van der Waals surface area contributed by atoms with Gasteiger partial charge in [0.05, 0.1) is 12.2 Å². The highest BCUT2D eigenvalue weighted by atomic mass is 16.2. The van der Waals surface area contributed by atoms with Crippen LogP contribution in [0.4, 0.5) is 0 Å². The van der Waals surface area contributed by atoms with E-state index in [0.717, 1.165) is 30.5 Å². The van der Waals surface area contributed by atoms with Gasteiger partial charge in [-0.2, -0.15) is 5.10 Å². The van der Waals surface area contributed by atoms with E-state index in [9.17, 15) is 9.59 Å². The molecule has 1 aliphatic carbocycles. The Bertz CT molecular complexity index is 692. The molecular formula is C12H15N7O2. The van der Waals surface area contributed by atoms with E-state index in [1.165, 1.54) is 15.7 Å². The lowest BCUT2D eigenvalue weighted by molar-refractivity contribution is -0.121. The maximum Gasteiger partial charge on any atom is 0.267 e. The molecule has 1 N–H and O–H groups in total. The second kappa shape index (κ2) is 5.81. The van der Waals surface area contributed by atoms with E-state index in [0.29, 0.717) is 13.1 Å². The van der Waals surface area contributed by atoms with Crippen LogP contribution < -0.4 is 10.9 Å². The van der Waals surface area contributed by atoms with Crippen LogP contribution in [0.25, 0.3) is 0 Å². The number of aromatic nitrogens is 6. The number of nitrogens with one attached hydrogen (secondary N) is 1. The van der Waals surface area contributed by atoms with Gasteiger partial charge in [-0.15, -0.1) is 5.10 Å². The minimum absolute atomic E-state index is 0.0551. The molecule has 9 nitrogen and oxygen atoms in total. The van der Waals surface area contributed by atoms with Crippen LogP contribution in [0.15, 0.2) is 17.2 Å². The molecule has 0 aliphatic heterocycles. The molecule has 0 unspecified atom stereocenters. The number of hydrogen-bond donors (Lipinski definition) is 1. The van der Waals surface area contributed by atoms with Crippen molar-refractivity contribution in [2.24, 2.45) is 0 Å². The highest BCUT2D eigenvalue weighted by Crippen LogP contribution is 2.16. The molecule has 3 rings (SSSR count). The van der Waals surface area contributed by atoms with E-state index in [-0.39, 0.29) is 18.0 Å². The van der Waals surface area contributed by atoms with Crippen LogP contribution in [0.5, 0.6) is 0 Å². The molecule has 0 fully saturated rings. The number of carbonyl (C=O) groups is 1. The third kappa shape index (κ3) is 3.12. The lowest BCUT2D eigenvalue weighted by atomic mass is 10.2. The Labute approximate surface area is 120 Å². The summed E-state index contributed by atoms with van der Waals surface area (Å²) in [6.45, 7) is 0.750. The molecule has 1 amide bonds. The minimum atomic E-state index is -0.212. The molecule has 2 aromatic heterocycles. The monoisotopic (exact) mass is 289 g/mol. The first-order chi connectivity index (χ1) is 10.2. The molecule has 0 bridgehead atoms. The normalized spacial score (nSPS) is 13.1. The Morgan fingerprint density at radius 1 is 1.38 bits per heavy atom. The topological polar surface area (TPSA) is 108 Å². The molecule has 1 aliphatic rings. The Balaban J connectivity index is 1.54. The van der Waals surface area contributed by atoms with Gasteiger partial charge >= 0.3 is 0 Å². The summed E-state index contributed by atoms with van der Waals surface area (Å²) in [6.07, 6.45) is 4.27. The van der Waals surface area contributed by atoms with Crippen molar-refractivity contribution in [2.75, 3.05) is 6.54 Å². The maximum atomic E-state index is 11.9. The molecule has 9 heteroatoms. The first-order valence-electron chi connectivity index (χ1n) is 6.80. The summed E-state index contributed by atoms with van der Waals surface area (Å²) in [5.41, 5.74) is 1.93. The summed E-state index contributed by atoms with van der Waals surface area (Å²) in [4.78, 5) is 23.5. The van der Waals surface area contributed by atoms with Crippen molar-refractivity contribution in [1.29, 1.82) is 0 Å². The number of amides is 1. The highest BCUT2D eigenvalue weighted by Gasteiger charge is 2.14. The summed E-state index contributed by atoms with van der Waals surface area (Å²) in [5, 5.41) is 17.5. The average Bonchev–Trinajstić information content (AvgIpc) is 3.10. The standard InChI is InChI=1S/C12H15N7O2/c20-11(7-18-8-14-16-17-18)13-4-5-19-12(21)6-9-2-1-3-10(9)15-19/h6,8H,1-5,7H2,(H,13,20). The van der Waals surface area contributed by atoms with Gasteiger partial charge in [0.25, 0.3) is 5.56 Å². The van der Waals surface area contributed by atoms with E-state index in [1.54, 1.807) is 6.07 Å². The zero-order chi connectivity index (χ0) is 14.7. The fraction of sp³-hybridized carbons (Fsp3) is 0.500. The molecule has 0 aromatic carbocycles. The van der Waals surface area contributed by atoms with Crippen LogP contribution in [0.3, 0.4) is 0 Å². The minimum Gasteiger partial charge on any atom is -0.353 e. The summed E-state index contributed by atoms with van der Waals surface area (Å²) in [7, 11) is 0. The molecule has 0 saturated heterocycles. The zero-order valence-electron chi connectivity index (χ0n) is 11.4. The molecule has 0 radical (unpaired) electrons. The van der Waals surface area contributed by atoms with Gasteiger partial charge in [0.15, 0.2) is 0 Å². The average molecular weight is 289 g/mol. The second-order valence-corrected chi connectivity index (χ2v) is 4.89. The molecule has 2 heterocycles. The predicted octanol–water partition coefficient (Wildman–Crippen LogP) is -1.47. The van der Waals surface area contributed by atoms with Crippen LogP contribution in [0, 0.1) is 0 Å². The van der Waals surface area contributed by atoms with Gasteiger partial charge in [-0.3, -0.25) is 9.59 Å². The molecule has 0 atom stereocenters. The lowest BCUT2D eigenvalue weighted by Crippen LogP contribution is -2.34. The van der Waals surface area contributed by atoms with Gasteiger partial charge in [0.1, 0.15) is 12.9 Å². The van der Waals surface area contributed by atoms with Crippen LogP contribution in [-0.2, 0) is 30.7 Å². The Kier molecular flexibility index (Phi) is 3.71. The Morgan fingerprint density at radius 2 is 2.29 bits per heavy atom. The molecule has 110 valence electrons. The number of nitrogens with zero attached hydrogens (tertiary/aromatic N) is 6. The lowest BCUT2D eigenvalue weighted by Gasteiger charge is -2.08. The van der Waals surface area contributed by atoms with Crippen molar-refractivity contribution >= 4 is 5.91 Å². The molecule has 2 aromatic rings. The number of rotatable bonds is 5. The number of carbonyl (C=O) groups excluding carboxylic acids is 1. The summed E-state index contributed by atoms with van der Waals surface area (Å²) in [5.74, 6) is -0.212. The first kappa shape index (κ1) is 13.4. The number of tetrazole rings is 1. The molecule has 0 spiro atoms. The van der Waals surface area contributed by atoms with Crippen molar-refractivity contribution < 1.29 is 4.79 Å². The van der Waals surface area contributed by atoms with Crippen molar-refractivity contribution in [3.05, 3.63) is 34.0 Å². The maximum absolute atomic E-state index is 11.9. The van der Waals surface area contributed by atoms with E-state index in [1.807, 2.05) is 0 Å². The molecule has 21 heavy (non-hydrogen) atoms. The summed E-state index contributed by atoms with van der Waals surface area (Å²) in [6, 6.07) is 1.65. The van der Waals surface area contributed by atoms with Crippen LogP contribution in [0.1, 0.15) is 17.7 Å². The van der Waals surface area contributed by atoms with E-state index in [2.05, 4.69) is 25.9 Å². The number of fused-ring (bicyclic) bond motifs is 1. The third-order valence-electron chi connectivity index (χ3n) is 3.37. The van der Waals surface area contributed by atoms with E-state index < -0.39 is 0 Å². The fourth-order valence-corrected chi connectivity index (χ4v) is 2.36. The Morgan fingerprint density at radius 3 is 3.10 bits per heavy atom. The second-order valence-electron chi connectivity index (χ2n) is 4.89. The number of aryl methyl sites for hydroxylation is 2. The van der Waals surface area contributed by atoms with Gasteiger partial charge in [-0.25, -0.2) is 9.36 Å². The first-order valence-corrected chi connectivity index (χ1v) is 6.80. The molecular weight excluding hydrogens is 274 g/mol. The van der Waals surface area contributed by atoms with E-state index in [4.69, 9.17) is 0 Å². The predicted molar refractivity (Wildman–Crippen MR) is 71.3 cm³/mol. The van der Waals surface area contributed by atoms with E-state index >= 15 is 0 Å². The fourth-order valence-electron chi connectivity index (χ4n) is 2.36. The van der Waals surface area contributed by atoms with Gasteiger partial charge in [0, 0.05) is 12.6 Å². The van der Waals surface area contributed by atoms with Crippen molar-refractivity contribution in [3.8, 4) is 0 Å². The quantitative estimate of drug-likeness (QED) is 0.720. The third-order valence-corrected chi connectivity index (χ3v) is 3.37. The van der Waals surface area contributed by atoms with Crippen molar-refractivity contribution in [3.63, 3.8) is 0 Å². The highest BCUT2D eigenvalue weighted by molar-refractivity contribution is 5.75. The smallest absolute Gasteiger partial charge is 0.267 e. The van der Waals surface area contributed by atoms with Crippen LogP contribution in [-0.4, -0.2) is 42.4 Å². The summed E-state index contributed by atoms with van der Waals surface area (Å²) >= 11 is 0. The van der Waals surface area contributed by atoms with Gasteiger partial charge in [0.2, 0.25) is 5.91 Å². The largest absolute Gasteiger partial charge is 0.353 e. The Hall–Kier alpha value is -2.58. The van der Waals surface area contributed by atoms with Gasteiger partial charge < -0.3 is 5.32 Å². The van der Waals surface area contributed by atoms with Gasteiger partial charge in [-0.1, -0.05) is 0 Å².